The number of thioether (sulfide) groups is 1. The van der Waals surface area contributed by atoms with Crippen LogP contribution in [0.2, 0.25) is 0 Å². The fourth-order valence-corrected chi connectivity index (χ4v) is 2.57. The predicted molar refractivity (Wildman–Crippen MR) is 66.2 cm³/mol. The molecule has 1 saturated heterocycles. The number of nitrogens with zero attached hydrogens (tertiary/aromatic N) is 1. The van der Waals surface area contributed by atoms with Gasteiger partial charge < -0.3 is 14.7 Å². The van der Waals surface area contributed by atoms with Crippen LogP contribution >= 0.6 is 11.8 Å². The molecule has 98 valence electrons. The minimum absolute atomic E-state index is 0.0956. The van der Waals surface area contributed by atoms with Crippen molar-refractivity contribution in [1.29, 1.82) is 0 Å². The maximum absolute atomic E-state index is 11.9. The van der Waals surface area contributed by atoms with Crippen LogP contribution in [-0.2, 0) is 14.3 Å². The van der Waals surface area contributed by atoms with E-state index in [2.05, 4.69) is 6.92 Å². The zero-order valence-electron chi connectivity index (χ0n) is 10.1. The van der Waals surface area contributed by atoms with Gasteiger partial charge >= 0.3 is 5.97 Å². The van der Waals surface area contributed by atoms with E-state index in [0.717, 1.165) is 18.6 Å². The largest absolute Gasteiger partial charge is 0.480 e. The molecule has 0 aromatic heterocycles. The second-order valence-corrected chi connectivity index (χ2v) is 5.03. The van der Waals surface area contributed by atoms with E-state index in [1.165, 1.54) is 4.90 Å². The predicted octanol–water partition coefficient (Wildman–Crippen LogP) is 0.832. The smallest absolute Gasteiger partial charge is 0.328 e. The lowest BCUT2D eigenvalue weighted by Crippen LogP contribution is -2.53. The fraction of sp³-hybridized carbons (Fsp3) is 0.818. The van der Waals surface area contributed by atoms with Crippen LogP contribution < -0.4 is 0 Å². The van der Waals surface area contributed by atoms with Gasteiger partial charge in [0.05, 0.1) is 19.0 Å². The molecule has 1 amide bonds. The van der Waals surface area contributed by atoms with Crippen LogP contribution in [0.3, 0.4) is 0 Å². The van der Waals surface area contributed by atoms with Gasteiger partial charge in [0.25, 0.3) is 0 Å². The molecular formula is C11H19NO4S. The van der Waals surface area contributed by atoms with Gasteiger partial charge in [-0.1, -0.05) is 13.3 Å². The molecule has 1 aliphatic rings. The Morgan fingerprint density at radius 1 is 1.53 bits per heavy atom. The highest BCUT2D eigenvalue weighted by Gasteiger charge is 2.32. The molecule has 1 unspecified atom stereocenters. The van der Waals surface area contributed by atoms with Crippen LogP contribution in [0.25, 0.3) is 0 Å². The molecule has 6 heteroatoms. The lowest BCUT2D eigenvalue weighted by molar-refractivity contribution is -0.157. The van der Waals surface area contributed by atoms with Crippen molar-refractivity contribution in [3.63, 3.8) is 0 Å². The highest BCUT2D eigenvalue weighted by atomic mass is 32.2. The molecule has 1 aliphatic heterocycles. The average molecular weight is 261 g/mol. The van der Waals surface area contributed by atoms with Crippen molar-refractivity contribution in [3.8, 4) is 0 Å². The second-order valence-electron chi connectivity index (χ2n) is 3.92. The average Bonchev–Trinajstić information content (AvgIpc) is 2.34. The number of hydrogen-bond donors (Lipinski definition) is 1. The molecule has 1 atom stereocenters. The van der Waals surface area contributed by atoms with Crippen LogP contribution in [-0.4, -0.2) is 59.2 Å². The van der Waals surface area contributed by atoms with E-state index in [4.69, 9.17) is 9.84 Å². The van der Waals surface area contributed by atoms with E-state index >= 15 is 0 Å². The third kappa shape index (κ3) is 4.55. The molecule has 5 nitrogen and oxygen atoms in total. The molecule has 0 aromatic carbocycles. The van der Waals surface area contributed by atoms with Crippen LogP contribution in [0.15, 0.2) is 0 Å². The van der Waals surface area contributed by atoms with Gasteiger partial charge in [-0.05, 0) is 12.2 Å². The number of amides is 1. The molecule has 1 N–H and O–H groups in total. The first-order chi connectivity index (χ1) is 8.16. The highest BCUT2D eigenvalue weighted by Crippen LogP contribution is 2.12. The molecule has 0 saturated carbocycles. The molecule has 17 heavy (non-hydrogen) atoms. The van der Waals surface area contributed by atoms with Crippen LogP contribution in [0.5, 0.6) is 0 Å². The number of carbonyl (C=O) groups is 2. The number of carboxylic acid groups (broad SMARTS) is 1. The summed E-state index contributed by atoms with van der Waals surface area (Å²) in [4.78, 5) is 24.2. The van der Waals surface area contributed by atoms with Gasteiger partial charge in [-0.15, -0.1) is 0 Å². The molecule has 1 heterocycles. The summed E-state index contributed by atoms with van der Waals surface area (Å²) in [6.45, 7) is 3.00. The van der Waals surface area contributed by atoms with Crippen molar-refractivity contribution in [3.05, 3.63) is 0 Å². The van der Waals surface area contributed by atoms with E-state index in [1.54, 1.807) is 11.8 Å². The quantitative estimate of drug-likeness (QED) is 0.717. The zero-order chi connectivity index (χ0) is 12.7. The van der Waals surface area contributed by atoms with E-state index < -0.39 is 12.0 Å². The summed E-state index contributed by atoms with van der Waals surface area (Å²) in [5.74, 6) is 0.229. The third-order valence-electron chi connectivity index (χ3n) is 2.60. The topological polar surface area (TPSA) is 66.8 Å². The Balaban J connectivity index is 2.39. The maximum Gasteiger partial charge on any atom is 0.328 e. The molecule has 0 aliphatic carbocycles. The first-order valence-corrected chi connectivity index (χ1v) is 7.00. The highest BCUT2D eigenvalue weighted by molar-refractivity contribution is 7.99. The SMILES string of the molecule is CCCCSCC(=O)N1CCOCC1C(=O)O. The van der Waals surface area contributed by atoms with Gasteiger partial charge in [-0.2, -0.15) is 11.8 Å². The summed E-state index contributed by atoms with van der Waals surface area (Å²) >= 11 is 1.57. The van der Waals surface area contributed by atoms with E-state index in [0.29, 0.717) is 18.9 Å². The number of carboxylic acids is 1. The Bertz CT molecular complexity index is 272. The van der Waals surface area contributed by atoms with E-state index in [1.807, 2.05) is 0 Å². The van der Waals surface area contributed by atoms with Crippen molar-refractivity contribution in [2.24, 2.45) is 0 Å². The summed E-state index contributed by atoms with van der Waals surface area (Å²) < 4.78 is 5.09. The summed E-state index contributed by atoms with van der Waals surface area (Å²) in [5, 5.41) is 8.99. The van der Waals surface area contributed by atoms with Crippen LogP contribution in [0.4, 0.5) is 0 Å². The Labute approximate surface area is 105 Å². The molecule has 1 rings (SSSR count). The summed E-state index contributed by atoms with van der Waals surface area (Å²) in [6.07, 6.45) is 2.19. The van der Waals surface area contributed by atoms with Crippen molar-refractivity contribution in [2.75, 3.05) is 31.3 Å². The maximum atomic E-state index is 11.9. The van der Waals surface area contributed by atoms with Crippen molar-refractivity contribution in [2.45, 2.75) is 25.8 Å². The third-order valence-corrected chi connectivity index (χ3v) is 3.63. The molecule has 1 fully saturated rings. The Kier molecular flexibility index (Phi) is 6.36. The van der Waals surface area contributed by atoms with Crippen molar-refractivity contribution >= 4 is 23.6 Å². The fourth-order valence-electron chi connectivity index (χ4n) is 1.60. The number of hydrogen-bond acceptors (Lipinski definition) is 4. The van der Waals surface area contributed by atoms with Gasteiger partial charge in [0, 0.05) is 6.54 Å². The van der Waals surface area contributed by atoms with Gasteiger partial charge in [-0.3, -0.25) is 4.79 Å². The summed E-state index contributed by atoms with van der Waals surface area (Å²) in [5.41, 5.74) is 0. The summed E-state index contributed by atoms with van der Waals surface area (Å²) in [6, 6.07) is -0.817. The molecule has 0 bridgehead atoms. The Hall–Kier alpha value is -0.750. The molecule has 0 spiro atoms. The van der Waals surface area contributed by atoms with Crippen molar-refractivity contribution in [1.82, 2.24) is 4.90 Å². The minimum Gasteiger partial charge on any atom is -0.480 e. The monoisotopic (exact) mass is 261 g/mol. The molecule has 0 aromatic rings. The van der Waals surface area contributed by atoms with Gasteiger partial charge in [0.1, 0.15) is 0 Å². The number of ether oxygens (including phenoxy) is 1. The molecular weight excluding hydrogens is 242 g/mol. The number of carbonyl (C=O) groups excluding carboxylic acids is 1. The zero-order valence-corrected chi connectivity index (χ0v) is 10.9. The number of rotatable bonds is 6. The number of unbranched alkanes of at least 4 members (excludes halogenated alkanes) is 1. The van der Waals surface area contributed by atoms with E-state index in [9.17, 15) is 9.59 Å². The van der Waals surface area contributed by atoms with E-state index in [-0.39, 0.29) is 12.5 Å². The standard InChI is InChI=1S/C11H19NO4S/c1-2-3-6-17-8-10(13)12-4-5-16-7-9(12)11(14)15/h9H,2-8H2,1H3,(H,14,15). The van der Waals surface area contributed by atoms with Crippen molar-refractivity contribution < 1.29 is 19.4 Å². The van der Waals surface area contributed by atoms with Gasteiger partial charge in [0.2, 0.25) is 5.91 Å². The van der Waals surface area contributed by atoms with Crippen LogP contribution in [0.1, 0.15) is 19.8 Å². The lowest BCUT2D eigenvalue weighted by atomic mass is 10.2. The minimum atomic E-state index is -0.989. The normalized spacial score (nSPS) is 20.3. The Morgan fingerprint density at radius 2 is 2.29 bits per heavy atom. The summed E-state index contributed by atoms with van der Waals surface area (Å²) in [7, 11) is 0. The number of aliphatic carboxylic acids is 1. The Morgan fingerprint density at radius 3 is 2.94 bits per heavy atom. The van der Waals surface area contributed by atoms with Gasteiger partial charge in [-0.25, -0.2) is 4.79 Å². The molecule has 0 radical (unpaired) electrons. The van der Waals surface area contributed by atoms with Gasteiger partial charge in [0.15, 0.2) is 6.04 Å². The lowest BCUT2D eigenvalue weighted by Gasteiger charge is -2.32. The second kappa shape index (κ2) is 7.55. The van der Waals surface area contributed by atoms with Crippen LogP contribution in [0, 0.1) is 0 Å². The first-order valence-electron chi connectivity index (χ1n) is 5.84. The first kappa shape index (κ1) is 14.3. The number of morpholine rings is 1.